The van der Waals surface area contributed by atoms with Crippen LogP contribution < -0.4 is 5.32 Å². The molecule has 3 aromatic rings. The van der Waals surface area contributed by atoms with Crippen molar-refractivity contribution in [3.63, 3.8) is 0 Å². The largest absolute Gasteiger partial charge is 0.464 e. The molecule has 3 rings (SSSR count). The van der Waals surface area contributed by atoms with E-state index in [4.69, 9.17) is 4.74 Å². The van der Waals surface area contributed by atoms with Crippen molar-refractivity contribution < 1.29 is 14.5 Å². The molecular formula is C20H21N3O4S. The molecule has 0 amide bonds. The van der Waals surface area contributed by atoms with E-state index in [2.05, 4.69) is 10.3 Å². The number of nitro groups is 1. The normalized spacial score (nSPS) is 12.1. The Morgan fingerprint density at radius 1 is 1.25 bits per heavy atom. The van der Waals surface area contributed by atoms with Crippen LogP contribution in [-0.4, -0.2) is 40.5 Å². The van der Waals surface area contributed by atoms with Gasteiger partial charge < -0.3 is 10.1 Å². The van der Waals surface area contributed by atoms with Gasteiger partial charge in [-0.3, -0.25) is 10.1 Å². The summed E-state index contributed by atoms with van der Waals surface area (Å²) in [5.74, 6) is 0.378. The molecular weight excluding hydrogens is 378 g/mol. The minimum Gasteiger partial charge on any atom is -0.464 e. The maximum Gasteiger partial charge on any atom is 0.328 e. The predicted octanol–water partition coefficient (Wildman–Crippen LogP) is 4.39. The first-order chi connectivity index (χ1) is 13.6. The number of nitro benzene ring substituents is 1. The molecule has 0 spiro atoms. The predicted molar refractivity (Wildman–Crippen MR) is 113 cm³/mol. The number of hydrogen-bond acceptors (Lipinski definition) is 7. The molecule has 0 bridgehead atoms. The SMILES string of the molecule is CCOC(=O)[C@H](CCSC)Nc1c2ccccc2nc2cccc([N+](=O)[O-])c12. The highest BCUT2D eigenvalue weighted by molar-refractivity contribution is 7.98. The number of benzene rings is 2. The van der Waals surface area contributed by atoms with Crippen LogP contribution in [0.3, 0.4) is 0 Å². The number of hydrogen-bond donors (Lipinski definition) is 1. The van der Waals surface area contributed by atoms with E-state index >= 15 is 0 Å². The molecule has 1 N–H and O–H groups in total. The molecule has 1 heterocycles. The number of ether oxygens (including phenoxy) is 1. The van der Waals surface area contributed by atoms with Crippen molar-refractivity contribution in [3.8, 4) is 0 Å². The Bertz CT molecular complexity index is 1020. The molecule has 0 fully saturated rings. The maximum atomic E-state index is 12.5. The van der Waals surface area contributed by atoms with E-state index in [0.29, 0.717) is 28.5 Å². The van der Waals surface area contributed by atoms with Crippen LogP contribution in [0.5, 0.6) is 0 Å². The van der Waals surface area contributed by atoms with Gasteiger partial charge in [-0.15, -0.1) is 0 Å². The minimum absolute atomic E-state index is 0.0503. The second-order valence-corrected chi connectivity index (χ2v) is 7.15. The average molecular weight is 399 g/mol. The second kappa shape index (κ2) is 8.88. The lowest BCUT2D eigenvalue weighted by atomic mass is 10.0. The molecule has 146 valence electrons. The number of para-hydroxylation sites is 1. The zero-order valence-corrected chi connectivity index (χ0v) is 16.5. The van der Waals surface area contributed by atoms with Gasteiger partial charge in [0, 0.05) is 11.5 Å². The fraction of sp³-hybridized carbons (Fsp3) is 0.300. The zero-order valence-electron chi connectivity index (χ0n) is 15.7. The number of fused-ring (bicyclic) bond motifs is 2. The van der Waals surface area contributed by atoms with Crippen LogP contribution >= 0.6 is 11.8 Å². The van der Waals surface area contributed by atoms with Crippen molar-refractivity contribution >= 4 is 50.9 Å². The summed E-state index contributed by atoms with van der Waals surface area (Å²) >= 11 is 1.62. The summed E-state index contributed by atoms with van der Waals surface area (Å²) in [6, 6.07) is 11.6. The van der Waals surface area contributed by atoms with E-state index in [1.54, 1.807) is 30.8 Å². The molecule has 0 saturated carbocycles. The van der Waals surface area contributed by atoms with E-state index in [1.807, 2.05) is 30.5 Å². The van der Waals surface area contributed by atoms with E-state index in [0.717, 1.165) is 11.1 Å². The van der Waals surface area contributed by atoms with Gasteiger partial charge in [0.2, 0.25) is 0 Å². The number of pyridine rings is 1. The number of anilines is 1. The summed E-state index contributed by atoms with van der Waals surface area (Å²) in [6.45, 7) is 2.03. The van der Waals surface area contributed by atoms with Gasteiger partial charge in [0.1, 0.15) is 11.4 Å². The van der Waals surface area contributed by atoms with Crippen molar-refractivity contribution in [2.24, 2.45) is 0 Å². The van der Waals surface area contributed by atoms with Crippen molar-refractivity contribution in [1.82, 2.24) is 4.98 Å². The van der Waals surface area contributed by atoms with Gasteiger partial charge in [-0.2, -0.15) is 11.8 Å². The molecule has 0 aliphatic rings. The molecule has 0 radical (unpaired) electrons. The van der Waals surface area contributed by atoms with E-state index in [9.17, 15) is 14.9 Å². The van der Waals surface area contributed by atoms with Gasteiger partial charge in [0.15, 0.2) is 0 Å². The quantitative estimate of drug-likeness (QED) is 0.260. The van der Waals surface area contributed by atoms with Gasteiger partial charge in [-0.25, -0.2) is 9.78 Å². The highest BCUT2D eigenvalue weighted by atomic mass is 32.2. The summed E-state index contributed by atoms with van der Waals surface area (Å²) < 4.78 is 5.21. The number of thioether (sulfide) groups is 1. The van der Waals surface area contributed by atoms with Crippen LogP contribution in [0.1, 0.15) is 13.3 Å². The lowest BCUT2D eigenvalue weighted by Gasteiger charge is -2.20. The van der Waals surface area contributed by atoms with Gasteiger partial charge in [-0.05, 0) is 37.5 Å². The van der Waals surface area contributed by atoms with Gasteiger partial charge in [-0.1, -0.05) is 24.3 Å². The van der Waals surface area contributed by atoms with Crippen LogP contribution in [0.2, 0.25) is 0 Å². The highest BCUT2D eigenvalue weighted by Gasteiger charge is 2.25. The Morgan fingerprint density at radius 2 is 2.00 bits per heavy atom. The van der Waals surface area contributed by atoms with Crippen LogP contribution in [0.25, 0.3) is 21.8 Å². The van der Waals surface area contributed by atoms with E-state index in [1.165, 1.54) is 6.07 Å². The maximum absolute atomic E-state index is 12.5. The van der Waals surface area contributed by atoms with Gasteiger partial charge in [0.05, 0.1) is 28.3 Å². The number of non-ortho nitro benzene ring substituents is 1. The van der Waals surface area contributed by atoms with Crippen LogP contribution in [0, 0.1) is 10.1 Å². The molecule has 7 nitrogen and oxygen atoms in total. The number of carbonyl (C=O) groups is 1. The smallest absolute Gasteiger partial charge is 0.328 e. The Kier molecular flexibility index (Phi) is 6.30. The third-order valence-corrected chi connectivity index (χ3v) is 5.03. The van der Waals surface area contributed by atoms with Crippen molar-refractivity contribution in [1.29, 1.82) is 0 Å². The standard InChI is InChI=1S/C20H21N3O4S/c1-3-27-20(24)16(11-12-28-2)22-19-13-7-4-5-8-14(13)21-15-9-6-10-17(18(15)19)23(25)26/h4-10,16H,3,11-12H2,1-2H3,(H,21,22)/t16-/m0/s1. The molecule has 0 aliphatic carbocycles. The van der Waals surface area contributed by atoms with Crippen molar-refractivity contribution in [2.45, 2.75) is 19.4 Å². The minimum atomic E-state index is -0.610. The average Bonchev–Trinajstić information content (AvgIpc) is 2.69. The first-order valence-electron chi connectivity index (χ1n) is 8.94. The summed E-state index contributed by atoms with van der Waals surface area (Å²) in [6.07, 6.45) is 2.50. The molecule has 1 aromatic heterocycles. The second-order valence-electron chi connectivity index (χ2n) is 6.16. The third-order valence-electron chi connectivity index (χ3n) is 4.38. The van der Waals surface area contributed by atoms with Crippen molar-refractivity contribution in [2.75, 3.05) is 23.9 Å². The molecule has 8 heteroatoms. The van der Waals surface area contributed by atoms with E-state index in [-0.39, 0.29) is 18.3 Å². The molecule has 0 saturated heterocycles. The number of rotatable bonds is 8. The fourth-order valence-corrected chi connectivity index (χ4v) is 3.60. The van der Waals surface area contributed by atoms with Crippen LogP contribution in [0.15, 0.2) is 42.5 Å². The molecule has 2 aromatic carbocycles. The molecule has 28 heavy (non-hydrogen) atoms. The topological polar surface area (TPSA) is 94.4 Å². The Morgan fingerprint density at radius 3 is 2.71 bits per heavy atom. The third kappa shape index (κ3) is 4.01. The molecule has 1 atom stereocenters. The lowest BCUT2D eigenvalue weighted by molar-refractivity contribution is -0.383. The first kappa shape index (κ1) is 19.9. The van der Waals surface area contributed by atoms with Gasteiger partial charge >= 0.3 is 5.97 Å². The monoisotopic (exact) mass is 399 g/mol. The molecule has 0 aliphatic heterocycles. The number of nitrogens with one attached hydrogen (secondary N) is 1. The van der Waals surface area contributed by atoms with E-state index < -0.39 is 11.0 Å². The summed E-state index contributed by atoms with van der Waals surface area (Å²) in [5, 5.41) is 16.0. The Labute approximate surface area is 166 Å². The summed E-state index contributed by atoms with van der Waals surface area (Å²) in [7, 11) is 0. The molecule has 0 unspecified atom stereocenters. The fourth-order valence-electron chi connectivity index (χ4n) is 3.13. The number of esters is 1. The lowest BCUT2D eigenvalue weighted by Crippen LogP contribution is -2.32. The zero-order chi connectivity index (χ0) is 20.1. The Balaban J connectivity index is 2.22. The van der Waals surface area contributed by atoms with Crippen molar-refractivity contribution in [3.05, 3.63) is 52.6 Å². The summed E-state index contributed by atoms with van der Waals surface area (Å²) in [4.78, 5) is 28.3. The summed E-state index contributed by atoms with van der Waals surface area (Å²) in [5.41, 5.74) is 1.69. The number of carbonyl (C=O) groups excluding carboxylic acids is 1. The van der Waals surface area contributed by atoms with Crippen LogP contribution in [-0.2, 0) is 9.53 Å². The number of nitrogens with zero attached hydrogens (tertiary/aromatic N) is 2. The number of aromatic nitrogens is 1. The first-order valence-corrected chi connectivity index (χ1v) is 10.3. The van der Waals surface area contributed by atoms with Crippen LogP contribution in [0.4, 0.5) is 11.4 Å². The van der Waals surface area contributed by atoms with Gasteiger partial charge in [0.25, 0.3) is 5.69 Å². The Hall–Kier alpha value is -2.87. The highest BCUT2D eigenvalue weighted by Crippen LogP contribution is 2.37.